The van der Waals surface area contributed by atoms with Crippen LogP contribution in [0.1, 0.15) is 5.56 Å². The maximum absolute atomic E-state index is 11.4. The second-order valence-corrected chi connectivity index (χ2v) is 4.59. The summed E-state index contributed by atoms with van der Waals surface area (Å²) in [6.07, 6.45) is 0.873. The molecule has 1 aliphatic rings. The Hall–Kier alpha value is -1.63. The van der Waals surface area contributed by atoms with E-state index in [1.54, 1.807) is 12.1 Å². The van der Waals surface area contributed by atoms with Gasteiger partial charge in [-0.05, 0) is 6.07 Å². The molecule has 7 heteroatoms. The Morgan fingerprint density at radius 1 is 1.45 bits per heavy atom. The average Bonchev–Trinajstić information content (AvgIpc) is 2.48. The van der Waals surface area contributed by atoms with E-state index in [4.69, 9.17) is 21.1 Å². The normalized spacial score (nSPS) is 16.2. The fourth-order valence-electron chi connectivity index (χ4n) is 1.65. The van der Waals surface area contributed by atoms with Gasteiger partial charge in [-0.1, -0.05) is 29.8 Å². The van der Waals surface area contributed by atoms with E-state index in [-0.39, 0.29) is 6.73 Å². The van der Waals surface area contributed by atoms with Crippen molar-refractivity contribution in [3.05, 3.63) is 34.9 Å². The van der Waals surface area contributed by atoms with Crippen LogP contribution in [-0.2, 0) is 9.47 Å². The molecule has 1 aliphatic heterocycles. The molecule has 1 heterocycles. The molecule has 0 bridgehead atoms. The lowest BCUT2D eigenvalue weighted by atomic mass is 10.2. The zero-order valence-electron chi connectivity index (χ0n) is 10.9. The van der Waals surface area contributed by atoms with Gasteiger partial charge in [0.05, 0.1) is 19.4 Å². The van der Waals surface area contributed by atoms with Gasteiger partial charge in [0.2, 0.25) is 0 Å². The van der Waals surface area contributed by atoms with E-state index >= 15 is 0 Å². The van der Waals surface area contributed by atoms with E-state index in [0.29, 0.717) is 18.2 Å². The van der Waals surface area contributed by atoms with E-state index in [0.717, 1.165) is 18.7 Å². The molecular weight excluding hydrogens is 282 g/mol. The molecule has 1 fully saturated rings. The van der Waals surface area contributed by atoms with Gasteiger partial charge >= 0.3 is 6.09 Å². The lowest BCUT2D eigenvalue weighted by Gasteiger charge is -2.25. The molecule has 1 saturated heterocycles. The molecule has 0 unspecified atom stereocenters. The van der Waals surface area contributed by atoms with Crippen molar-refractivity contribution in [2.45, 2.75) is 0 Å². The number of halogens is 1. The second-order valence-electron chi connectivity index (χ2n) is 4.18. The maximum Gasteiger partial charge on any atom is 0.429 e. The minimum atomic E-state index is -0.597. The van der Waals surface area contributed by atoms with Crippen LogP contribution in [0.3, 0.4) is 0 Å². The van der Waals surface area contributed by atoms with Gasteiger partial charge in [-0.2, -0.15) is 5.10 Å². The highest BCUT2D eigenvalue weighted by atomic mass is 35.5. The molecule has 0 atom stereocenters. The Morgan fingerprint density at radius 3 is 2.95 bits per heavy atom. The second kappa shape index (κ2) is 7.84. The average molecular weight is 298 g/mol. The number of carbonyl (C=O) groups excluding carboxylic acids is 1. The van der Waals surface area contributed by atoms with Gasteiger partial charge in [0, 0.05) is 23.7 Å². The van der Waals surface area contributed by atoms with E-state index in [1.165, 1.54) is 6.21 Å². The Balaban J connectivity index is 1.70. The Kier molecular flexibility index (Phi) is 5.79. The molecule has 1 N–H and O–H groups in total. The Bertz CT molecular complexity index is 476. The number of nitrogens with zero attached hydrogens (tertiary/aromatic N) is 2. The first-order valence-corrected chi connectivity index (χ1v) is 6.64. The number of hydrogen-bond acceptors (Lipinski definition) is 5. The highest BCUT2D eigenvalue weighted by Gasteiger charge is 2.11. The largest absolute Gasteiger partial charge is 0.432 e. The van der Waals surface area contributed by atoms with Gasteiger partial charge in [0.1, 0.15) is 6.73 Å². The van der Waals surface area contributed by atoms with Crippen LogP contribution in [0.5, 0.6) is 0 Å². The van der Waals surface area contributed by atoms with Crippen LogP contribution in [0.2, 0.25) is 5.02 Å². The van der Waals surface area contributed by atoms with Gasteiger partial charge in [-0.25, -0.2) is 10.2 Å². The molecule has 0 spiro atoms. The molecule has 0 aromatic heterocycles. The highest BCUT2D eigenvalue weighted by molar-refractivity contribution is 6.33. The van der Waals surface area contributed by atoms with Crippen LogP contribution < -0.4 is 5.43 Å². The summed E-state index contributed by atoms with van der Waals surface area (Å²) in [5, 5.41) is 4.36. The number of ether oxygens (including phenoxy) is 2. The lowest BCUT2D eigenvalue weighted by molar-refractivity contribution is -0.00995. The zero-order valence-corrected chi connectivity index (χ0v) is 11.7. The molecule has 0 saturated carbocycles. The predicted octanol–water partition coefficient (Wildman–Crippen LogP) is 1.69. The molecule has 108 valence electrons. The summed E-state index contributed by atoms with van der Waals surface area (Å²) < 4.78 is 10.2. The van der Waals surface area contributed by atoms with Gasteiger partial charge in [0.25, 0.3) is 0 Å². The maximum atomic E-state index is 11.4. The summed E-state index contributed by atoms with van der Waals surface area (Å²) in [4.78, 5) is 13.4. The third-order valence-electron chi connectivity index (χ3n) is 2.75. The standard InChI is InChI=1S/C13H16ClN3O3/c14-12-4-2-1-3-11(12)9-15-16-13(18)20-10-17-5-7-19-8-6-17/h1-4,9H,5-8,10H2,(H,16,18)/b15-9+. The molecule has 0 radical (unpaired) electrons. The third kappa shape index (κ3) is 4.80. The molecular formula is C13H16ClN3O3. The number of amides is 1. The fraction of sp³-hybridized carbons (Fsp3) is 0.385. The SMILES string of the molecule is O=C(N/N=C/c1ccccc1Cl)OCN1CCOCC1. The molecule has 20 heavy (non-hydrogen) atoms. The van der Waals surface area contributed by atoms with E-state index in [9.17, 15) is 4.79 Å². The molecule has 1 aromatic carbocycles. The number of morpholine rings is 1. The van der Waals surface area contributed by atoms with Crippen LogP contribution in [0, 0.1) is 0 Å². The monoisotopic (exact) mass is 297 g/mol. The molecule has 6 nitrogen and oxygen atoms in total. The minimum Gasteiger partial charge on any atom is -0.432 e. The van der Waals surface area contributed by atoms with E-state index in [2.05, 4.69) is 10.5 Å². The number of nitrogens with one attached hydrogen (secondary N) is 1. The fourth-order valence-corrected chi connectivity index (χ4v) is 1.83. The molecule has 1 aromatic rings. The van der Waals surface area contributed by atoms with Crippen LogP contribution in [0.4, 0.5) is 4.79 Å². The summed E-state index contributed by atoms with van der Waals surface area (Å²) in [7, 11) is 0. The third-order valence-corrected chi connectivity index (χ3v) is 3.09. The Morgan fingerprint density at radius 2 is 2.20 bits per heavy atom. The van der Waals surface area contributed by atoms with Crippen molar-refractivity contribution in [3.63, 3.8) is 0 Å². The summed E-state index contributed by atoms with van der Waals surface area (Å²) in [5.74, 6) is 0. The van der Waals surface area contributed by atoms with Gasteiger partial charge < -0.3 is 9.47 Å². The lowest BCUT2D eigenvalue weighted by Crippen LogP contribution is -2.39. The quantitative estimate of drug-likeness (QED) is 0.678. The summed E-state index contributed by atoms with van der Waals surface area (Å²) in [6.45, 7) is 3.08. The highest BCUT2D eigenvalue weighted by Crippen LogP contribution is 2.11. The van der Waals surface area contributed by atoms with Crippen molar-refractivity contribution < 1.29 is 14.3 Å². The Labute approximate surface area is 122 Å². The number of hydrazone groups is 1. The molecule has 2 rings (SSSR count). The van der Waals surface area contributed by atoms with Crippen molar-refractivity contribution in [1.82, 2.24) is 10.3 Å². The first-order chi connectivity index (χ1) is 9.75. The van der Waals surface area contributed by atoms with Crippen molar-refractivity contribution in [1.29, 1.82) is 0 Å². The van der Waals surface area contributed by atoms with Gasteiger partial charge in [0.15, 0.2) is 0 Å². The first-order valence-electron chi connectivity index (χ1n) is 6.26. The molecule has 1 amide bonds. The topological polar surface area (TPSA) is 63.2 Å². The number of hydrogen-bond donors (Lipinski definition) is 1. The van der Waals surface area contributed by atoms with Gasteiger partial charge in [-0.3, -0.25) is 4.90 Å². The first kappa shape index (κ1) is 14.8. The molecule has 0 aliphatic carbocycles. The van der Waals surface area contributed by atoms with Crippen molar-refractivity contribution in [2.75, 3.05) is 33.0 Å². The number of benzene rings is 1. The summed E-state index contributed by atoms with van der Waals surface area (Å²) >= 11 is 5.95. The van der Waals surface area contributed by atoms with Crippen LogP contribution in [0.15, 0.2) is 29.4 Å². The zero-order chi connectivity index (χ0) is 14.2. The summed E-state index contributed by atoms with van der Waals surface area (Å²) in [6, 6.07) is 7.21. The van der Waals surface area contributed by atoms with Crippen LogP contribution >= 0.6 is 11.6 Å². The van der Waals surface area contributed by atoms with Crippen molar-refractivity contribution in [3.8, 4) is 0 Å². The van der Waals surface area contributed by atoms with E-state index < -0.39 is 6.09 Å². The van der Waals surface area contributed by atoms with Crippen LogP contribution in [0.25, 0.3) is 0 Å². The van der Waals surface area contributed by atoms with Gasteiger partial charge in [-0.15, -0.1) is 0 Å². The van der Waals surface area contributed by atoms with Crippen molar-refractivity contribution >= 4 is 23.9 Å². The van der Waals surface area contributed by atoms with Crippen LogP contribution in [-0.4, -0.2) is 50.2 Å². The number of carbonyl (C=O) groups is 1. The number of rotatable bonds is 4. The summed E-state index contributed by atoms with van der Waals surface area (Å²) in [5.41, 5.74) is 3.01. The predicted molar refractivity (Wildman–Crippen MR) is 75.9 cm³/mol. The van der Waals surface area contributed by atoms with Crippen molar-refractivity contribution in [2.24, 2.45) is 5.10 Å². The van der Waals surface area contributed by atoms with E-state index in [1.807, 2.05) is 17.0 Å². The minimum absolute atomic E-state index is 0.233. The smallest absolute Gasteiger partial charge is 0.429 e.